The fourth-order valence-electron chi connectivity index (χ4n) is 1.78. The van der Waals surface area contributed by atoms with Crippen molar-refractivity contribution in [2.75, 3.05) is 6.61 Å². The zero-order valence-corrected chi connectivity index (χ0v) is 12.1. The summed E-state index contributed by atoms with van der Waals surface area (Å²) in [6.45, 7) is 4.87. The Kier molecular flexibility index (Phi) is 6.31. The summed E-state index contributed by atoms with van der Waals surface area (Å²) in [5.41, 5.74) is 7.44. The largest absolute Gasteiger partial charge is 0.377 e. The van der Waals surface area contributed by atoms with Crippen molar-refractivity contribution >= 4 is 22.6 Å². The minimum atomic E-state index is 0.0880. The van der Waals surface area contributed by atoms with Crippen LogP contribution < -0.4 is 5.73 Å². The second-order valence-corrected chi connectivity index (χ2v) is 5.14. The molecule has 0 aliphatic carbocycles. The van der Waals surface area contributed by atoms with Crippen LogP contribution in [0.4, 0.5) is 0 Å². The first kappa shape index (κ1) is 13.9. The molecule has 0 bridgehead atoms. The molecule has 0 radical (unpaired) electrons. The van der Waals surface area contributed by atoms with Crippen LogP contribution in [-0.2, 0) is 11.2 Å². The van der Waals surface area contributed by atoms with E-state index in [0.29, 0.717) is 0 Å². The summed E-state index contributed by atoms with van der Waals surface area (Å²) in [7, 11) is 0. The van der Waals surface area contributed by atoms with Crippen LogP contribution in [0.5, 0.6) is 0 Å². The number of hydrogen-bond acceptors (Lipinski definition) is 2. The SMILES string of the molecule is CCOC(CC)C(N)Cc1ccc(I)cc1. The van der Waals surface area contributed by atoms with Crippen LogP contribution >= 0.6 is 22.6 Å². The zero-order chi connectivity index (χ0) is 12.0. The van der Waals surface area contributed by atoms with Gasteiger partial charge >= 0.3 is 0 Å². The lowest BCUT2D eigenvalue weighted by Crippen LogP contribution is -2.38. The molecule has 2 atom stereocenters. The first-order chi connectivity index (χ1) is 7.67. The molecule has 1 aromatic rings. The standard InChI is InChI=1S/C13H20INO/c1-3-13(16-4-2)12(15)9-10-5-7-11(14)8-6-10/h5-8,12-13H,3-4,9,15H2,1-2H3. The first-order valence-corrected chi connectivity index (χ1v) is 6.86. The average molecular weight is 333 g/mol. The number of hydrogen-bond donors (Lipinski definition) is 1. The molecule has 16 heavy (non-hydrogen) atoms. The van der Waals surface area contributed by atoms with Crippen molar-refractivity contribution in [3.05, 3.63) is 33.4 Å². The second-order valence-electron chi connectivity index (χ2n) is 3.90. The smallest absolute Gasteiger partial charge is 0.0726 e. The van der Waals surface area contributed by atoms with E-state index in [-0.39, 0.29) is 12.1 Å². The Morgan fingerprint density at radius 2 is 1.88 bits per heavy atom. The topological polar surface area (TPSA) is 35.2 Å². The third-order valence-corrected chi connectivity index (χ3v) is 3.36. The van der Waals surface area contributed by atoms with Crippen LogP contribution in [0.15, 0.2) is 24.3 Å². The zero-order valence-electron chi connectivity index (χ0n) is 9.95. The third kappa shape index (κ3) is 4.39. The van der Waals surface area contributed by atoms with E-state index in [4.69, 9.17) is 10.5 Å². The number of halogens is 1. The van der Waals surface area contributed by atoms with Gasteiger partial charge in [0.15, 0.2) is 0 Å². The molecule has 0 saturated carbocycles. The Bertz CT molecular complexity index is 299. The van der Waals surface area contributed by atoms with Gasteiger partial charge in [-0.1, -0.05) is 19.1 Å². The maximum atomic E-state index is 6.16. The van der Waals surface area contributed by atoms with E-state index >= 15 is 0 Å². The lowest BCUT2D eigenvalue weighted by Gasteiger charge is -2.22. The molecule has 90 valence electrons. The highest BCUT2D eigenvalue weighted by atomic mass is 127. The minimum absolute atomic E-state index is 0.0880. The van der Waals surface area contributed by atoms with E-state index < -0.39 is 0 Å². The molecule has 0 aromatic heterocycles. The summed E-state index contributed by atoms with van der Waals surface area (Å²) in [5, 5.41) is 0. The molecule has 0 amide bonds. The van der Waals surface area contributed by atoms with Crippen molar-refractivity contribution < 1.29 is 4.74 Å². The average Bonchev–Trinajstić information content (AvgIpc) is 2.29. The van der Waals surface area contributed by atoms with Gasteiger partial charge in [0.05, 0.1) is 6.10 Å². The fourth-order valence-corrected chi connectivity index (χ4v) is 2.14. The summed E-state index contributed by atoms with van der Waals surface area (Å²) >= 11 is 2.31. The predicted molar refractivity (Wildman–Crippen MR) is 76.5 cm³/mol. The van der Waals surface area contributed by atoms with Gasteiger partial charge in [-0.2, -0.15) is 0 Å². The number of ether oxygens (including phenoxy) is 1. The van der Waals surface area contributed by atoms with Crippen molar-refractivity contribution in [1.82, 2.24) is 0 Å². The van der Waals surface area contributed by atoms with E-state index in [1.54, 1.807) is 0 Å². The molecule has 1 aromatic carbocycles. The van der Waals surface area contributed by atoms with Gasteiger partial charge in [-0.05, 0) is 60.1 Å². The number of rotatable bonds is 6. The first-order valence-electron chi connectivity index (χ1n) is 5.79. The van der Waals surface area contributed by atoms with Crippen molar-refractivity contribution in [3.63, 3.8) is 0 Å². The summed E-state index contributed by atoms with van der Waals surface area (Å²) < 4.78 is 6.88. The number of nitrogens with two attached hydrogens (primary N) is 1. The highest BCUT2D eigenvalue weighted by Crippen LogP contribution is 2.12. The van der Waals surface area contributed by atoms with Crippen molar-refractivity contribution in [2.45, 2.75) is 38.8 Å². The molecule has 0 fully saturated rings. The van der Waals surface area contributed by atoms with Crippen molar-refractivity contribution in [1.29, 1.82) is 0 Å². The van der Waals surface area contributed by atoms with Crippen LogP contribution in [0.25, 0.3) is 0 Å². The van der Waals surface area contributed by atoms with Crippen LogP contribution in [-0.4, -0.2) is 18.8 Å². The van der Waals surface area contributed by atoms with Crippen LogP contribution in [0.2, 0.25) is 0 Å². The molecule has 1 rings (SSSR count). The van der Waals surface area contributed by atoms with E-state index in [9.17, 15) is 0 Å². The Balaban J connectivity index is 2.55. The van der Waals surface area contributed by atoms with Crippen molar-refractivity contribution in [2.24, 2.45) is 5.73 Å². The van der Waals surface area contributed by atoms with E-state index in [0.717, 1.165) is 19.4 Å². The van der Waals surface area contributed by atoms with E-state index in [2.05, 4.69) is 53.8 Å². The van der Waals surface area contributed by atoms with Crippen LogP contribution in [0.1, 0.15) is 25.8 Å². The molecule has 0 aliphatic rings. The summed E-state index contributed by atoms with van der Waals surface area (Å²) in [5.74, 6) is 0. The Labute approximate surface area is 112 Å². The normalized spacial score (nSPS) is 14.8. The van der Waals surface area contributed by atoms with Gasteiger partial charge in [-0.3, -0.25) is 0 Å². The maximum Gasteiger partial charge on any atom is 0.0726 e. The predicted octanol–water partition coefficient (Wildman–Crippen LogP) is 2.98. The quantitative estimate of drug-likeness (QED) is 0.813. The third-order valence-electron chi connectivity index (χ3n) is 2.65. The monoisotopic (exact) mass is 333 g/mol. The lowest BCUT2D eigenvalue weighted by molar-refractivity contribution is 0.0417. The molecular formula is C13H20INO. The molecular weight excluding hydrogens is 313 g/mol. The highest BCUT2D eigenvalue weighted by Gasteiger charge is 2.16. The molecule has 2 nitrogen and oxygen atoms in total. The van der Waals surface area contributed by atoms with Crippen LogP contribution in [0.3, 0.4) is 0 Å². The summed E-state index contributed by atoms with van der Waals surface area (Å²) in [6.07, 6.45) is 2.03. The fraction of sp³-hybridized carbons (Fsp3) is 0.538. The van der Waals surface area contributed by atoms with Crippen LogP contribution in [0, 0.1) is 3.57 Å². The van der Waals surface area contributed by atoms with Gasteiger partial charge in [-0.25, -0.2) is 0 Å². The molecule has 0 spiro atoms. The molecule has 0 heterocycles. The second kappa shape index (κ2) is 7.25. The summed E-state index contributed by atoms with van der Waals surface area (Å²) in [4.78, 5) is 0. The number of benzene rings is 1. The molecule has 2 N–H and O–H groups in total. The molecule has 3 heteroatoms. The lowest BCUT2D eigenvalue weighted by atomic mass is 10.0. The molecule has 2 unspecified atom stereocenters. The van der Waals surface area contributed by atoms with E-state index in [1.807, 2.05) is 6.92 Å². The molecule has 0 aliphatic heterocycles. The van der Waals surface area contributed by atoms with Gasteiger partial charge in [-0.15, -0.1) is 0 Å². The maximum absolute atomic E-state index is 6.16. The Morgan fingerprint density at radius 3 is 2.38 bits per heavy atom. The molecule has 0 saturated heterocycles. The highest BCUT2D eigenvalue weighted by molar-refractivity contribution is 14.1. The van der Waals surface area contributed by atoms with Gasteiger partial charge in [0.25, 0.3) is 0 Å². The Morgan fingerprint density at radius 1 is 1.25 bits per heavy atom. The van der Waals surface area contributed by atoms with Gasteiger partial charge in [0, 0.05) is 16.2 Å². The van der Waals surface area contributed by atoms with Crippen molar-refractivity contribution in [3.8, 4) is 0 Å². The van der Waals surface area contributed by atoms with Gasteiger partial charge < -0.3 is 10.5 Å². The Hall–Kier alpha value is -0.130. The summed E-state index contributed by atoms with van der Waals surface area (Å²) in [6, 6.07) is 8.60. The minimum Gasteiger partial charge on any atom is -0.377 e. The van der Waals surface area contributed by atoms with Gasteiger partial charge in [0.2, 0.25) is 0 Å². The van der Waals surface area contributed by atoms with E-state index in [1.165, 1.54) is 9.13 Å². The van der Waals surface area contributed by atoms with Gasteiger partial charge in [0.1, 0.15) is 0 Å².